The van der Waals surface area contributed by atoms with Crippen LogP contribution < -0.4 is 5.32 Å². The minimum atomic E-state index is -1.71. The van der Waals surface area contributed by atoms with E-state index in [1.807, 2.05) is 0 Å². The van der Waals surface area contributed by atoms with E-state index in [4.69, 9.17) is 10.2 Å². The summed E-state index contributed by atoms with van der Waals surface area (Å²) in [6, 6.07) is 6.14. The van der Waals surface area contributed by atoms with Crippen LogP contribution in [0.1, 0.15) is 16.8 Å². The summed E-state index contributed by atoms with van der Waals surface area (Å²) in [5.41, 5.74) is 0.219. The smallest absolute Gasteiger partial charge is 0.328 e. The van der Waals surface area contributed by atoms with Crippen molar-refractivity contribution in [2.75, 3.05) is 0 Å². The number of rotatable bonds is 6. The van der Waals surface area contributed by atoms with Gasteiger partial charge >= 0.3 is 11.9 Å². The van der Waals surface area contributed by atoms with Crippen molar-refractivity contribution < 1.29 is 29.7 Å². The van der Waals surface area contributed by atoms with Gasteiger partial charge < -0.3 is 20.6 Å². The van der Waals surface area contributed by atoms with Gasteiger partial charge in [-0.25, -0.2) is 4.79 Å². The van der Waals surface area contributed by atoms with Crippen LogP contribution in [0.3, 0.4) is 0 Å². The quantitative estimate of drug-likeness (QED) is 0.561. The first-order valence-corrected chi connectivity index (χ1v) is 5.40. The molecule has 7 heteroatoms. The highest BCUT2D eigenvalue weighted by atomic mass is 16.4. The summed E-state index contributed by atoms with van der Waals surface area (Å²) in [5.74, 6) is -3.55. The largest absolute Gasteiger partial charge is 0.481 e. The molecule has 7 nitrogen and oxygen atoms in total. The van der Waals surface area contributed by atoms with Gasteiger partial charge in [-0.15, -0.1) is 0 Å². The molecule has 0 bridgehead atoms. The SMILES string of the molecule is O=C(O)CC(O)C(NC(=O)c1ccccc1)C(=O)O. The van der Waals surface area contributed by atoms with E-state index in [2.05, 4.69) is 5.32 Å². The van der Waals surface area contributed by atoms with E-state index < -0.39 is 36.4 Å². The van der Waals surface area contributed by atoms with Gasteiger partial charge in [0, 0.05) is 5.56 Å². The van der Waals surface area contributed by atoms with Crippen molar-refractivity contribution in [3.05, 3.63) is 35.9 Å². The Bertz CT molecular complexity index is 472. The highest BCUT2D eigenvalue weighted by Gasteiger charge is 2.30. The Labute approximate surface area is 108 Å². The van der Waals surface area contributed by atoms with Crippen molar-refractivity contribution >= 4 is 17.8 Å². The van der Waals surface area contributed by atoms with Gasteiger partial charge in [0.25, 0.3) is 5.91 Å². The van der Waals surface area contributed by atoms with Crippen molar-refractivity contribution in [3.63, 3.8) is 0 Å². The average molecular weight is 267 g/mol. The minimum Gasteiger partial charge on any atom is -0.481 e. The molecule has 0 saturated heterocycles. The maximum absolute atomic E-state index is 11.7. The van der Waals surface area contributed by atoms with E-state index in [1.165, 1.54) is 12.1 Å². The van der Waals surface area contributed by atoms with Crippen LogP contribution in [0.4, 0.5) is 0 Å². The lowest BCUT2D eigenvalue weighted by Gasteiger charge is -2.19. The van der Waals surface area contributed by atoms with Crippen LogP contribution in [0.15, 0.2) is 30.3 Å². The number of carbonyl (C=O) groups is 3. The number of aliphatic hydroxyl groups excluding tert-OH is 1. The molecule has 102 valence electrons. The predicted molar refractivity (Wildman–Crippen MR) is 63.6 cm³/mol. The van der Waals surface area contributed by atoms with Crippen LogP contribution in [0.2, 0.25) is 0 Å². The molecule has 0 heterocycles. The minimum absolute atomic E-state index is 0.219. The maximum Gasteiger partial charge on any atom is 0.328 e. The van der Waals surface area contributed by atoms with E-state index in [9.17, 15) is 19.5 Å². The van der Waals surface area contributed by atoms with Crippen LogP contribution in [0, 0.1) is 0 Å². The summed E-state index contributed by atoms with van der Waals surface area (Å²) in [6.07, 6.45) is -2.48. The molecule has 0 radical (unpaired) electrons. The highest BCUT2D eigenvalue weighted by Crippen LogP contribution is 2.04. The lowest BCUT2D eigenvalue weighted by atomic mass is 10.1. The molecule has 1 amide bonds. The molecule has 1 aromatic rings. The molecule has 0 aromatic heterocycles. The third-order valence-corrected chi connectivity index (χ3v) is 2.36. The van der Waals surface area contributed by atoms with Gasteiger partial charge in [-0.3, -0.25) is 9.59 Å². The van der Waals surface area contributed by atoms with Crippen LogP contribution in [-0.2, 0) is 9.59 Å². The molecule has 19 heavy (non-hydrogen) atoms. The number of nitrogens with one attached hydrogen (secondary N) is 1. The van der Waals surface area contributed by atoms with E-state index in [0.29, 0.717) is 0 Å². The van der Waals surface area contributed by atoms with E-state index >= 15 is 0 Å². The van der Waals surface area contributed by atoms with Crippen LogP contribution >= 0.6 is 0 Å². The van der Waals surface area contributed by atoms with Gasteiger partial charge in [-0.05, 0) is 12.1 Å². The number of benzene rings is 1. The molecular weight excluding hydrogens is 254 g/mol. The molecule has 0 saturated carbocycles. The normalized spacial score (nSPS) is 13.3. The maximum atomic E-state index is 11.7. The summed E-state index contributed by atoms with van der Waals surface area (Å²) in [4.78, 5) is 33.1. The summed E-state index contributed by atoms with van der Waals surface area (Å²) in [7, 11) is 0. The summed E-state index contributed by atoms with van der Waals surface area (Å²) >= 11 is 0. The number of amides is 1. The second-order valence-electron chi connectivity index (χ2n) is 3.82. The topological polar surface area (TPSA) is 124 Å². The Morgan fingerprint density at radius 1 is 1.11 bits per heavy atom. The lowest BCUT2D eigenvalue weighted by Crippen LogP contribution is -2.49. The number of aliphatic carboxylic acids is 2. The first kappa shape index (κ1) is 14.7. The highest BCUT2D eigenvalue weighted by molar-refractivity contribution is 5.96. The van der Waals surface area contributed by atoms with Gasteiger partial charge in [0.15, 0.2) is 6.04 Å². The van der Waals surface area contributed by atoms with Gasteiger partial charge in [0.2, 0.25) is 0 Å². The Balaban J connectivity index is 2.77. The molecule has 2 unspecified atom stereocenters. The van der Waals surface area contributed by atoms with Gasteiger partial charge in [-0.2, -0.15) is 0 Å². The van der Waals surface area contributed by atoms with E-state index in [1.54, 1.807) is 18.2 Å². The van der Waals surface area contributed by atoms with Crippen molar-refractivity contribution in [2.45, 2.75) is 18.6 Å². The number of carbonyl (C=O) groups excluding carboxylic acids is 1. The molecule has 1 aromatic carbocycles. The predicted octanol–water partition coefficient (Wildman–Crippen LogP) is -0.295. The molecule has 4 N–H and O–H groups in total. The Hall–Kier alpha value is -2.41. The van der Waals surface area contributed by atoms with Crippen molar-refractivity contribution in [2.24, 2.45) is 0 Å². The Morgan fingerprint density at radius 2 is 1.68 bits per heavy atom. The molecule has 2 atom stereocenters. The molecule has 0 spiro atoms. The molecule has 1 rings (SSSR count). The fraction of sp³-hybridized carbons (Fsp3) is 0.250. The van der Waals surface area contributed by atoms with Gasteiger partial charge in [0.1, 0.15) is 0 Å². The Kier molecular flexibility index (Phi) is 5.01. The third kappa shape index (κ3) is 4.40. The fourth-order valence-corrected chi connectivity index (χ4v) is 1.43. The zero-order valence-corrected chi connectivity index (χ0v) is 9.81. The zero-order valence-electron chi connectivity index (χ0n) is 9.81. The lowest BCUT2D eigenvalue weighted by molar-refractivity contribution is -0.145. The number of aliphatic hydroxyl groups is 1. The third-order valence-electron chi connectivity index (χ3n) is 2.36. The van der Waals surface area contributed by atoms with E-state index in [0.717, 1.165) is 0 Å². The first-order chi connectivity index (χ1) is 8.91. The van der Waals surface area contributed by atoms with E-state index in [-0.39, 0.29) is 5.56 Å². The molecule has 0 aliphatic heterocycles. The monoisotopic (exact) mass is 267 g/mol. The molecular formula is C12H13NO6. The van der Waals surface area contributed by atoms with Crippen molar-refractivity contribution in [1.29, 1.82) is 0 Å². The van der Waals surface area contributed by atoms with Crippen LogP contribution in [-0.4, -0.2) is 45.3 Å². The van der Waals surface area contributed by atoms with Gasteiger partial charge in [0.05, 0.1) is 12.5 Å². The summed E-state index contributed by atoms with van der Waals surface area (Å²) in [6.45, 7) is 0. The average Bonchev–Trinajstić information content (AvgIpc) is 2.35. The van der Waals surface area contributed by atoms with Gasteiger partial charge in [-0.1, -0.05) is 18.2 Å². The van der Waals surface area contributed by atoms with Crippen molar-refractivity contribution in [1.82, 2.24) is 5.32 Å². The molecule has 0 aliphatic carbocycles. The second kappa shape index (κ2) is 6.50. The number of carboxylic acid groups (broad SMARTS) is 2. The van der Waals surface area contributed by atoms with Crippen LogP contribution in [0.5, 0.6) is 0 Å². The number of carboxylic acids is 2. The Morgan fingerprint density at radius 3 is 2.16 bits per heavy atom. The van der Waals surface area contributed by atoms with Crippen LogP contribution in [0.25, 0.3) is 0 Å². The molecule has 0 fully saturated rings. The zero-order chi connectivity index (χ0) is 14.4. The summed E-state index contributed by atoms with van der Waals surface area (Å²) < 4.78 is 0. The molecule has 0 aliphatic rings. The second-order valence-corrected chi connectivity index (χ2v) is 3.82. The fourth-order valence-electron chi connectivity index (χ4n) is 1.43. The standard InChI is InChI=1S/C12H13NO6/c14-8(6-9(15)16)10(12(18)19)13-11(17)7-4-2-1-3-5-7/h1-5,8,10,14H,6H2,(H,13,17)(H,15,16)(H,18,19). The first-order valence-electron chi connectivity index (χ1n) is 5.40. The number of hydrogen-bond acceptors (Lipinski definition) is 4. The number of hydrogen-bond donors (Lipinski definition) is 4. The van der Waals surface area contributed by atoms with Crippen molar-refractivity contribution in [3.8, 4) is 0 Å². The summed E-state index contributed by atoms with van der Waals surface area (Å²) in [5, 5.41) is 28.9.